The minimum absolute atomic E-state index is 0.551. The van der Waals surface area contributed by atoms with Gasteiger partial charge in [0, 0.05) is 28.0 Å². The minimum Gasteiger partial charge on any atom is -0.355 e. The van der Waals surface area contributed by atoms with E-state index in [2.05, 4.69) is 256 Å². The van der Waals surface area contributed by atoms with Crippen LogP contribution in [0.5, 0.6) is 0 Å². The molecule has 10 aromatic carbocycles. The predicted molar refractivity (Wildman–Crippen MR) is 271 cm³/mol. The summed E-state index contributed by atoms with van der Waals surface area (Å²) in [5, 5.41) is 6.35. The van der Waals surface area contributed by atoms with Crippen LogP contribution < -0.4 is 21.1 Å². The molecule has 0 amide bonds. The summed E-state index contributed by atoms with van der Waals surface area (Å²) in [5.74, 6) is 0. The van der Waals surface area contributed by atoms with Gasteiger partial charge in [-0.25, -0.2) is 0 Å². The summed E-state index contributed by atoms with van der Waals surface area (Å²) in [6, 6.07) is 82.6. The molecule has 301 valence electrons. The molecule has 64 heavy (non-hydrogen) atoms. The summed E-state index contributed by atoms with van der Waals surface area (Å²) >= 11 is 0. The van der Waals surface area contributed by atoms with Crippen LogP contribution in [0, 0.1) is 13.8 Å². The highest BCUT2D eigenvalue weighted by molar-refractivity contribution is 6.73. The molecule has 0 atom stereocenters. The van der Waals surface area contributed by atoms with Crippen LogP contribution in [0.3, 0.4) is 0 Å². The predicted octanol–water partition coefficient (Wildman–Crippen LogP) is 14.3. The van der Waals surface area contributed by atoms with Crippen molar-refractivity contribution in [1.82, 2.24) is 0 Å². The summed E-state index contributed by atoms with van der Waals surface area (Å²) in [7, 11) is 2.46. The van der Waals surface area contributed by atoms with Gasteiger partial charge in [0.25, 0.3) is 0 Å². The van der Waals surface area contributed by atoms with Gasteiger partial charge in [0.15, 0.2) is 7.28 Å². The van der Waals surface area contributed by atoms with Gasteiger partial charge in [-0.3, -0.25) is 0 Å². The molecule has 1 radical (unpaired) electrons. The summed E-state index contributed by atoms with van der Waals surface area (Å²) in [6.45, 7) is 4.49. The fraction of sp³-hybridized carbons (Fsp3) is 0.0492. The molecule has 0 saturated heterocycles. The van der Waals surface area contributed by atoms with Crippen molar-refractivity contribution < 1.29 is 0 Å². The Kier molecular flexibility index (Phi) is 8.98. The molecule has 0 unspecified atom stereocenters. The molecule has 0 fully saturated rings. The zero-order valence-electron chi connectivity index (χ0n) is 35.9. The Morgan fingerprint density at radius 1 is 0.453 bits per heavy atom. The number of benzene rings is 10. The Labute approximate surface area is 376 Å². The summed E-state index contributed by atoms with van der Waals surface area (Å²) < 4.78 is 0. The molecule has 12 rings (SSSR count). The van der Waals surface area contributed by atoms with E-state index in [-0.39, 0.29) is 0 Å². The standard InChI is InChI=1S/C61H44BN2/c1-40-18-16-19-41(2)57(40)45-38-51(50-37-34-44-22-12-13-27-49(44)59(50)63-48-35-32-43(33-36-48)42-20-6-3-7-21-42)58-56(39-45)64-55-31-15-14-28-52(55)61(46-23-8-4-9-24-46,47-25-10-5-11-26-47)53-29-17-30-54(62-58)60(53)64/h3-39,63H,1-2H3. The Hall–Kier alpha value is -7.88. The normalized spacial score (nSPS) is 13.1. The number of anilines is 5. The molecular weight excluding hydrogens is 771 g/mol. The van der Waals surface area contributed by atoms with E-state index in [1.54, 1.807) is 0 Å². The molecule has 10 aromatic rings. The van der Waals surface area contributed by atoms with Crippen LogP contribution in [0.2, 0.25) is 0 Å². The van der Waals surface area contributed by atoms with E-state index < -0.39 is 5.41 Å². The highest BCUT2D eigenvalue weighted by Crippen LogP contribution is 2.58. The van der Waals surface area contributed by atoms with Crippen LogP contribution in [0.1, 0.15) is 33.4 Å². The lowest BCUT2D eigenvalue weighted by Crippen LogP contribution is -2.47. The van der Waals surface area contributed by atoms with E-state index in [1.165, 1.54) is 100.0 Å². The Bertz CT molecular complexity index is 3340. The van der Waals surface area contributed by atoms with E-state index >= 15 is 0 Å². The number of fused-ring (bicyclic) bond motifs is 5. The molecule has 0 aliphatic carbocycles. The molecule has 1 N–H and O–H groups in total. The topological polar surface area (TPSA) is 15.3 Å². The first kappa shape index (κ1) is 37.9. The smallest absolute Gasteiger partial charge is 0.197 e. The fourth-order valence-electron chi connectivity index (χ4n) is 10.8. The lowest BCUT2D eigenvalue weighted by molar-refractivity contribution is 0.732. The molecule has 0 aromatic heterocycles. The van der Waals surface area contributed by atoms with Crippen LogP contribution in [0.25, 0.3) is 44.2 Å². The summed E-state index contributed by atoms with van der Waals surface area (Å²) in [5.41, 5.74) is 22.3. The van der Waals surface area contributed by atoms with Crippen LogP contribution >= 0.6 is 0 Å². The van der Waals surface area contributed by atoms with Crippen molar-refractivity contribution in [1.29, 1.82) is 0 Å². The maximum absolute atomic E-state index is 3.98. The Morgan fingerprint density at radius 3 is 1.80 bits per heavy atom. The van der Waals surface area contributed by atoms with Crippen molar-refractivity contribution in [2.75, 3.05) is 10.2 Å². The second-order valence-electron chi connectivity index (χ2n) is 17.2. The van der Waals surface area contributed by atoms with Gasteiger partial charge in [-0.15, -0.1) is 0 Å². The number of aryl methyl sites for hydroxylation is 2. The van der Waals surface area contributed by atoms with Gasteiger partial charge in [0.1, 0.15) is 0 Å². The molecule has 2 heterocycles. The van der Waals surface area contributed by atoms with Gasteiger partial charge in [0.2, 0.25) is 0 Å². The van der Waals surface area contributed by atoms with E-state index in [1.807, 2.05) is 0 Å². The zero-order chi connectivity index (χ0) is 42.8. The zero-order valence-corrected chi connectivity index (χ0v) is 35.9. The monoisotopic (exact) mass is 815 g/mol. The molecule has 0 spiro atoms. The molecular formula is C61H44BN2. The average Bonchev–Trinajstić information content (AvgIpc) is 3.35. The second-order valence-corrected chi connectivity index (χ2v) is 17.2. The number of hydrogen-bond donors (Lipinski definition) is 1. The maximum atomic E-state index is 3.98. The average molecular weight is 816 g/mol. The van der Waals surface area contributed by atoms with Crippen LogP contribution in [-0.2, 0) is 5.41 Å². The van der Waals surface area contributed by atoms with Gasteiger partial charge >= 0.3 is 0 Å². The molecule has 0 saturated carbocycles. The van der Waals surface area contributed by atoms with Gasteiger partial charge in [-0.2, -0.15) is 0 Å². The third-order valence-corrected chi connectivity index (χ3v) is 13.6. The quantitative estimate of drug-likeness (QED) is 0.161. The number of hydrogen-bond acceptors (Lipinski definition) is 2. The van der Waals surface area contributed by atoms with Gasteiger partial charge in [0.05, 0.1) is 16.8 Å². The van der Waals surface area contributed by atoms with Crippen molar-refractivity contribution in [2.24, 2.45) is 0 Å². The van der Waals surface area contributed by atoms with Crippen molar-refractivity contribution in [3.05, 3.63) is 258 Å². The van der Waals surface area contributed by atoms with Crippen molar-refractivity contribution in [3.8, 4) is 33.4 Å². The van der Waals surface area contributed by atoms with E-state index in [0.29, 0.717) is 0 Å². The summed E-state index contributed by atoms with van der Waals surface area (Å²) in [6.07, 6.45) is 0. The van der Waals surface area contributed by atoms with Gasteiger partial charge in [-0.1, -0.05) is 200 Å². The minimum atomic E-state index is -0.551. The molecule has 2 nitrogen and oxygen atoms in total. The molecule has 0 bridgehead atoms. The van der Waals surface area contributed by atoms with E-state index in [4.69, 9.17) is 0 Å². The van der Waals surface area contributed by atoms with Crippen LogP contribution in [-0.4, -0.2) is 7.28 Å². The first-order chi connectivity index (χ1) is 31.6. The summed E-state index contributed by atoms with van der Waals surface area (Å²) in [4.78, 5) is 2.58. The number of nitrogens with one attached hydrogen (secondary N) is 1. The lowest BCUT2D eigenvalue weighted by atomic mass is 9.54. The third-order valence-electron chi connectivity index (χ3n) is 13.6. The maximum Gasteiger partial charge on any atom is 0.197 e. The van der Waals surface area contributed by atoms with Crippen molar-refractivity contribution in [3.63, 3.8) is 0 Å². The van der Waals surface area contributed by atoms with Crippen molar-refractivity contribution >= 4 is 57.4 Å². The third kappa shape index (κ3) is 5.88. The van der Waals surface area contributed by atoms with Gasteiger partial charge in [-0.05, 0) is 116 Å². The number of para-hydroxylation sites is 2. The Morgan fingerprint density at radius 2 is 1.06 bits per heavy atom. The van der Waals surface area contributed by atoms with Crippen LogP contribution in [0.15, 0.2) is 224 Å². The van der Waals surface area contributed by atoms with Crippen LogP contribution in [0.4, 0.5) is 28.4 Å². The molecule has 3 heteroatoms. The molecule has 2 aliphatic heterocycles. The molecule has 2 aliphatic rings. The number of nitrogens with zero attached hydrogens (tertiary/aromatic N) is 1. The SMILES string of the molecule is Cc1cccc(C)c1-c1cc(-c2ccc3ccccc3c2Nc2ccc(-c3ccccc3)cc2)c2c(c1)N1c3ccccc3C(c3ccccc3)(c3ccccc3)c3cccc(c31)[B]2. The first-order valence-electron chi connectivity index (χ1n) is 22.3. The number of rotatable bonds is 7. The Balaban J connectivity index is 1.13. The highest BCUT2D eigenvalue weighted by atomic mass is 15.2. The van der Waals surface area contributed by atoms with E-state index in [9.17, 15) is 0 Å². The van der Waals surface area contributed by atoms with Crippen molar-refractivity contribution in [2.45, 2.75) is 19.3 Å². The van der Waals surface area contributed by atoms with Gasteiger partial charge < -0.3 is 10.2 Å². The lowest BCUT2D eigenvalue weighted by Gasteiger charge is -2.49. The fourth-order valence-corrected chi connectivity index (χ4v) is 10.8. The van der Waals surface area contributed by atoms with E-state index in [0.717, 1.165) is 16.9 Å². The highest BCUT2D eigenvalue weighted by Gasteiger charge is 2.48. The first-order valence-corrected chi connectivity index (χ1v) is 22.3. The second kappa shape index (κ2) is 15.2. The largest absolute Gasteiger partial charge is 0.355 e.